The first-order valence-electron chi connectivity index (χ1n) is 4.08. The van der Waals surface area contributed by atoms with E-state index in [9.17, 15) is 0 Å². The van der Waals surface area contributed by atoms with Crippen LogP contribution in [-0.4, -0.2) is 11.3 Å². The fraction of sp³-hybridized carbons (Fsp3) is 0.400. The van der Waals surface area contributed by atoms with Gasteiger partial charge < -0.3 is 0 Å². The van der Waals surface area contributed by atoms with Crippen LogP contribution in [0.1, 0.15) is 11.1 Å². The molecule has 0 aliphatic carbocycles. The molecule has 1 rings (SSSR count). The molecule has 13 heavy (non-hydrogen) atoms. The molecule has 3 heteroatoms. The third-order valence-corrected chi connectivity index (χ3v) is 2.99. The molecule has 0 nitrogen and oxygen atoms in total. The molecular weight excluding hydrogens is 226 g/mol. The molecule has 0 bridgehead atoms. The average molecular weight is 238 g/mol. The van der Waals surface area contributed by atoms with E-state index in [4.69, 9.17) is 34.8 Å². The Balaban J connectivity index is 2.77. The maximum atomic E-state index is 5.95. The molecule has 0 heterocycles. The Morgan fingerprint density at radius 1 is 1.38 bits per heavy atom. The van der Waals surface area contributed by atoms with Crippen molar-refractivity contribution in [3.63, 3.8) is 0 Å². The van der Waals surface area contributed by atoms with Crippen LogP contribution < -0.4 is 0 Å². The molecular formula is C10H11Cl3. The van der Waals surface area contributed by atoms with Gasteiger partial charge in [0.2, 0.25) is 0 Å². The topological polar surface area (TPSA) is 0 Å². The van der Waals surface area contributed by atoms with Crippen LogP contribution in [0.25, 0.3) is 0 Å². The third-order valence-electron chi connectivity index (χ3n) is 1.91. The van der Waals surface area contributed by atoms with E-state index in [0.717, 1.165) is 11.4 Å². The van der Waals surface area contributed by atoms with Crippen LogP contribution in [0.3, 0.4) is 0 Å². The minimum absolute atomic E-state index is 0.00143. The van der Waals surface area contributed by atoms with Gasteiger partial charge in [0.1, 0.15) is 0 Å². The van der Waals surface area contributed by atoms with E-state index in [0.29, 0.717) is 5.88 Å². The van der Waals surface area contributed by atoms with Crippen molar-refractivity contribution in [1.82, 2.24) is 0 Å². The summed E-state index contributed by atoms with van der Waals surface area (Å²) in [6, 6.07) is 5.82. The van der Waals surface area contributed by atoms with Gasteiger partial charge in [-0.1, -0.05) is 17.7 Å². The number of aryl methyl sites for hydroxylation is 1. The Bertz CT molecular complexity index is 283. The lowest BCUT2D eigenvalue weighted by Crippen LogP contribution is -2.05. The predicted octanol–water partition coefficient (Wildman–Crippen LogP) is 4.04. The zero-order valence-electron chi connectivity index (χ0n) is 7.36. The first-order chi connectivity index (χ1) is 6.13. The van der Waals surface area contributed by atoms with Crippen molar-refractivity contribution < 1.29 is 0 Å². The lowest BCUT2D eigenvalue weighted by molar-refractivity contribution is 0.928. The highest BCUT2D eigenvalue weighted by Crippen LogP contribution is 2.18. The fourth-order valence-corrected chi connectivity index (χ4v) is 1.68. The monoisotopic (exact) mass is 236 g/mol. The SMILES string of the molecule is Cc1cc(Cl)ccc1CC(Cl)CCl. The normalized spacial score (nSPS) is 12.9. The third kappa shape index (κ3) is 3.38. The number of benzene rings is 1. The van der Waals surface area contributed by atoms with E-state index in [1.54, 1.807) is 0 Å². The zero-order chi connectivity index (χ0) is 9.84. The molecule has 0 aromatic heterocycles. The van der Waals surface area contributed by atoms with Crippen molar-refractivity contribution in [3.8, 4) is 0 Å². The number of rotatable bonds is 3. The number of alkyl halides is 2. The molecule has 0 N–H and O–H groups in total. The largest absolute Gasteiger partial charge is 0.125 e. The second-order valence-corrected chi connectivity index (χ2v) is 4.39. The smallest absolute Gasteiger partial charge is 0.0511 e. The molecule has 72 valence electrons. The molecule has 0 radical (unpaired) electrons. The van der Waals surface area contributed by atoms with Crippen LogP contribution in [0.4, 0.5) is 0 Å². The van der Waals surface area contributed by atoms with Crippen LogP contribution in [0.15, 0.2) is 18.2 Å². The molecule has 1 aromatic rings. The summed E-state index contributed by atoms with van der Waals surface area (Å²) < 4.78 is 0. The van der Waals surface area contributed by atoms with Crippen molar-refractivity contribution >= 4 is 34.8 Å². The second-order valence-electron chi connectivity index (χ2n) is 3.03. The van der Waals surface area contributed by atoms with Crippen LogP contribution in [0.5, 0.6) is 0 Å². The second kappa shape index (κ2) is 5.09. The zero-order valence-corrected chi connectivity index (χ0v) is 9.63. The van der Waals surface area contributed by atoms with Crippen LogP contribution in [0.2, 0.25) is 5.02 Å². The van der Waals surface area contributed by atoms with Gasteiger partial charge in [-0.25, -0.2) is 0 Å². The van der Waals surface area contributed by atoms with Gasteiger partial charge in [0.15, 0.2) is 0 Å². The van der Waals surface area contributed by atoms with Gasteiger partial charge in [0.25, 0.3) is 0 Å². The highest BCUT2D eigenvalue weighted by atomic mass is 35.5. The Labute approximate surface area is 93.8 Å². The van der Waals surface area contributed by atoms with Crippen molar-refractivity contribution in [3.05, 3.63) is 34.3 Å². The molecule has 0 aliphatic heterocycles. The van der Waals surface area contributed by atoms with E-state index in [-0.39, 0.29) is 5.38 Å². The van der Waals surface area contributed by atoms with Gasteiger partial charge in [0.05, 0.1) is 5.38 Å². The van der Waals surface area contributed by atoms with E-state index in [1.807, 2.05) is 25.1 Å². The highest BCUT2D eigenvalue weighted by molar-refractivity contribution is 6.30. The van der Waals surface area contributed by atoms with Crippen LogP contribution in [0, 0.1) is 6.92 Å². The van der Waals surface area contributed by atoms with Crippen molar-refractivity contribution in [2.45, 2.75) is 18.7 Å². The number of halogens is 3. The number of hydrogen-bond donors (Lipinski definition) is 0. The van der Waals surface area contributed by atoms with E-state index in [1.165, 1.54) is 11.1 Å². The molecule has 1 unspecified atom stereocenters. The summed E-state index contributed by atoms with van der Waals surface area (Å²) in [7, 11) is 0. The summed E-state index contributed by atoms with van der Waals surface area (Å²) >= 11 is 17.4. The van der Waals surface area contributed by atoms with E-state index in [2.05, 4.69) is 0 Å². The summed E-state index contributed by atoms with van der Waals surface area (Å²) in [5, 5.41) is 0.764. The van der Waals surface area contributed by atoms with Crippen LogP contribution >= 0.6 is 34.8 Å². The maximum absolute atomic E-state index is 5.95. The molecule has 0 spiro atoms. The molecule has 1 atom stereocenters. The van der Waals surface area contributed by atoms with Gasteiger partial charge in [-0.2, -0.15) is 0 Å². The average Bonchev–Trinajstić information content (AvgIpc) is 2.09. The Hall–Kier alpha value is 0.0900. The first kappa shape index (κ1) is 11.2. The quantitative estimate of drug-likeness (QED) is 0.696. The lowest BCUT2D eigenvalue weighted by Gasteiger charge is -2.08. The van der Waals surface area contributed by atoms with Gasteiger partial charge in [0, 0.05) is 10.9 Å². The minimum atomic E-state index is 0.00143. The Morgan fingerprint density at radius 2 is 2.08 bits per heavy atom. The predicted molar refractivity (Wildman–Crippen MR) is 60.3 cm³/mol. The first-order valence-corrected chi connectivity index (χ1v) is 5.43. The van der Waals surface area contributed by atoms with Gasteiger partial charge in [-0.15, -0.1) is 23.2 Å². The van der Waals surface area contributed by atoms with Crippen molar-refractivity contribution in [1.29, 1.82) is 0 Å². The fourth-order valence-electron chi connectivity index (χ4n) is 1.18. The van der Waals surface area contributed by atoms with Gasteiger partial charge in [-0.05, 0) is 36.6 Å². The summed E-state index contributed by atoms with van der Waals surface area (Å²) in [6.45, 7) is 2.03. The summed E-state index contributed by atoms with van der Waals surface area (Å²) in [6.07, 6.45) is 0.800. The number of hydrogen-bond acceptors (Lipinski definition) is 0. The van der Waals surface area contributed by atoms with Crippen molar-refractivity contribution in [2.75, 3.05) is 5.88 Å². The molecule has 0 saturated heterocycles. The van der Waals surface area contributed by atoms with Crippen molar-refractivity contribution in [2.24, 2.45) is 0 Å². The van der Waals surface area contributed by atoms with E-state index < -0.39 is 0 Å². The Kier molecular flexibility index (Phi) is 4.37. The standard InChI is InChI=1S/C10H11Cl3/c1-7-4-9(12)3-2-8(7)5-10(13)6-11/h2-4,10H,5-6H2,1H3. The van der Waals surface area contributed by atoms with Gasteiger partial charge >= 0.3 is 0 Å². The molecule has 0 amide bonds. The molecule has 0 aliphatic rings. The summed E-state index contributed by atoms with van der Waals surface area (Å²) in [4.78, 5) is 0. The summed E-state index contributed by atoms with van der Waals surface area (Å²) in [5.74, 6) is 0.476. The Morgan fingerprint density at radius 3 is 2.62 bits per heavy atom. The van der Waals surface area contributed by atoms with Gasteiger partial charge in [-0.3, -0.25) is 0 Å². The summed E-state index contributed by atoms with van der Waals surface area (Å²) in [5.41, 5.74) is 2.38. The lowest BCUT2D eigenvalue weighted by atomic mass is 10.0. The van der Waals surface area contributed by atoms with E-state index >= 15 is 0 Å². The van der Waals surface area contributed by atoms with Crippen LogP contribution in [-0.2, 0) is 6.42 Å². The highest BCUT2D eigenvalue weighted by Gasteiger charge is 2.06. The molecule has 1 aromatic carbocycles. The maximum Gasteiger partial charge on any atom is 0.0511 e. The minimum Gasteiger partial charge on any atom is -0.125 e. The molecule has 0 fully saturated rings. The molecule has 0 saturated carbocycles.